The van der Waals surface area contributed by atoms with E-state index in [9.17, 15) is 0 Å². The van der Waals surface area contributed by atoms with Crippen LogP contribution in [0.4, 0.5) is 0 Å². The van der Waals surface area contributed by atoms with Crippen LogP contribution in [0.1, 0.15) is 44.9 Å². The number of fused-ring (bicyclic) bond motifs is 2. The van der Waals surface area contributed by atoms with Crippen LogP contribution in [0.3, 0.4) is 0 Å². The molecular formula is C15H28N2. The van der Waals surface area contributed by atoms with Gasteiger partial charge in [0, 0.05) is 13.1 Å². The maximum Gasteiger partial charge on any atom is 0.00355 e. The molecule has 0 saturated heterocycles. The van der Waals surface area contributed by atoms with E-state index < -0.39 is 0 Å². The van der Waals surface area contributed by atoms with Crippen LogP contribution in [0.25, 0.3) is 0 Å². The Morgan fingerprint density at radius 3 is 2.59 bits per heavy atom. The van der Waals surface area contributed by atoms with Crippen LogP contribution in [0.5, 0.6) is 0 Å². The van der Waals surface area contributed by atoms with Gasteiger partial charge in [0.1, 0.15) is 0 Å². The second-order valence-electron chi connectivity index (χ2n) is 7.17. The third kappa shape index (κ3) is 2.53. The Balaban J connectivity index is 1.46. The van der Waals surface area contributed by atoms with Crippen molar-refractivity contribution >= 4 is 0 Å². The highest BCUT2D eigenvalue weighted by molar-refractivity contribution is 4.96. The monoisotopic (exact) mass is 236 g/mol. The molecule has 0 aromatic heterocycles. The Morgan fingerprint density at radius 2 is 2.06 bits per heavy atom. The van der Waals surface area contributed by atoms with E-state index in [2.05, 4.69) is 11.9 Å². The first-order chi connectivity index (χ1) is 8.21. The van der Waals surface area contributed by atoms with E-state index in [1.54, 1.807) is 6.42 Å². The van der Waals surface area contributed by atoms with Gasteiger partial charge in [0.25, 0.3) is 0 Å². The molecule has 3 atom stereocenters. The number of nitrogens with zero attached hydrogens (tertiary/aromatic N) is 1. The van der Waals surface area contributed by atoms with Gasteiger partial charge in [-0.3, -0.25) is 0 Å². The lowest BCUT2D eigenvalue weighted by Gasteiger charge is -2.29. The maximum absolute atomic E-state index is 5.72. The van der Waals surface area contributed by atoms with Crippen molar-refractivity contribution in [3.8, 4) is 0 Å². The van der Waals surface area contributed by atoms with Gasteiger partial charge in [-0.15, -0.1) is 0 Å². The second kappa shape index (κ2) is 4.55. The molecule has 0 amide bonds. The molecule has 17 heavy (non-hydrogen) atoms. The van der Waals surface area contributed by atoms with Gasteiger partial charge in [-0.25, -0.2) is 0 Å². The SMILES string of the molecule is CN(CC1CC2CCC1C2)CC1(CCN)CC1. The predicted molar refractivity (Wildman–Crippen MR) is 71.8 cm³/mol. The van der Waals surface area contributed by atoms with Crippen molar-refractivity contribution < 1.29 is 0 Å². The molecular weight excluding hydrogens is 208 g/mol. The van der Waals surface area contributed by atoms with E-state index in [0.29, 0.717) is 5.41 Å². The Bertz CT molecular complexity index is 272. The second-order valence-corrected chi connectivity index (χ2v) is 7.17. The Kier molecular flexibility index (Phi) is 3.20. The van der Waals surface area contributed by atoms with Crippen LogP contribution in [-0.4, -0.2) is 31.6 Å². The van der Waals surface area contributed by atoms with E-state index >= 15 is 0 Å². The largest absolute Gasteiger partial charge is 0.330 e. The van der Waals surface area contributed by atoms with Crippen LogP contribution in [0, 0.1) is 23.2 Å². The lowest BCUT2D eigenvalue weighted by molar-refractivity contribution is 0.187. The number of hydrogen-bond acceptors (Lipinski definition) is 2. The average Bonchev–Trinajstić information content (AvgIpc) is 2.75. The summed E-state index contributed by atoms with van der Waals surface area (Å²) in [5.74, 6) is 3.19. The van der Waals surface area contributed by atoms with Crippen LogP contribution in [-0.2, 0) is 0 Å². The molecule has 0 aromatic carbocycles. The van der Waals surface area contributed by atoms with Crippen molar-refractivity contribution in [2.24, 2.45) is 28.9 Å². The van der Waals surface area contributed by atoms with E-state index in [0.717, 1.165) is 24.3 Å². The summed E-state index contributed by atoms with van der Waals surface area (Å²) >= 11 is 0. The van der Waals surface area contributed by atoms with E-state index in [4.69, 9.17) is 5.73 Å². The fraction of sp³-hybridized carbons (Fsp3) is 1.00. The standard InChI is InChI=1S/C15H28N2/c1-17(11-15(4-5-15)6-7-16)10-14-9-12-2-3-13(14)8-12/h12-14H,2-11,16H2,1H3. The van der Waals surface area contributed by atoms with E-state index in [1.807, 2.05) is 0 Å². The predicted octanol–water partition coefficient (Wildman–Crippen LogP) is 2.48. The maximum atomic E-state index is 5.72. The average molecular weight is 236 g/mol. The molecule has 0 heterocycles. The fourth-order valence-electron chi connectivity index (χ4n) is 4.61. The number of nitrogens with two attached hydrogens (primary N) is 1. The van der Waals surface area contributed by atoms with Crippen molar-refractivity contribution in [2.45, 2.75) is 44.9 Å². The Morgan fingerprint density at radius 1 is 1.24 bits per heavy atom. The van der Waals surface area contributed by atoms with Gasteiger partial charge in [0.05, 0.1) is 0 Å². The molecule has 2 heteroatoms. The molecule has 0 aromatic rings. The molecule has 98 valence electrons. The molecule has 3 rings (SSSR count). The third-order valence-electron chi connectivity index (χ3n) is 5.67. The molecule has 3 aliphatic rings. The molecule has 0 aliphatic heterocycles. The number of hydrogen-bond donors (Lipinski definition) is 1. The fourth-order valence-corrected chi connectivity index (χ4v) is 4.61. The van der Waals surface area contributed by atoms with Crippen molar-refractivity contribution in [2.75, 3.05) is 26.7 Å². The first kappa shape index (κ1) is 12.0. The molecule has 3 aliphatic carbocycles. The smallest absolute Gasteiger partial charge is 0.00355 e. The Hall–Kier alpha value is -0.0800. The van der Waals surface area contributed by atoms with E-state index in [1.165, 1.54) is 51.6 Å². The summed E-state index contributed by atoms with van der Waals surface area (Å²) in [6.07, 6.45) is 10.2. The van der Waals surface area contributed by atoms with Gasteiger partial charge < -0.3 is 10.6 Å². The minimum absolute atomic E-state index is 0.626. The van der Waals surface area contributed by atoms with Crippen LogP contribution >= 0.6 is 0 Å². The van der Waals surface area contributed by atoms with Crippen molar-refractivity contribution in [1.29, 1.82) is 0 Å². The summed E-state index contributed by atoms with van der Waals surface area (Å²) in [5.41, 5.74) is 6.35. The van der Waals surface area contributed by atoms with E-state index in [-0.39, 0.29) is 0 Å². The molecule has 3 fully saturated rings. The lowest BCUT2D eigenvalue weighted by atomic mass is 9.88. The quantitative estimate of drug-likeness (QED) is 0.767. The lowest BCUT2D eigenvalue weighted by Crippen LogP contribution is -2.34. The van der Waals surface area contributed by atoms with Crippen LogP contribution in [0.2, 0.25) is 0 Å². The van der Waals surface area contributed by atoms with Crippen LogP contribution in [0.15, 0.2) is 0 Å². The first-order valence-corrected chi connectivity index (χ1v) is 7.59. The molecule has 0 spiro atoms. The zero-order chi connectivity index (χ0) is 11.9. The molecule has 2 bridgehead atoms. The molecule has 3 saturated carbocycles. The molecule has 3 unspecified atom stereocenters. The minimum atomic E-state index is 0.626. The van der Waals surface area contributed by atoms with Gasteiger partial charge in [-0.2, -0.15) is 0 Å². The minimum Gasteiger partial charge on any atom is -0.330 e. The highest BCUT2D eigenvalue weighted by Crippen LogP contribution is 2.51. The van der Waals surface area contributed by atoms with Crippen LogP contribution < -0.4 is 5.73 Å². The number of rotatable bonds is 6. The zero-order valence-electron chi connectivity index (χ0n) is 11.3. The summed E-state index contributed by atoms with van der Waals surface area (Å²) < 4.78 is 0. The van der Waals surface area contributed by atoms with Crippen molar-refractivity contribution in [1.82, 2.24) is 4.90 Å². The molecule has 2 N–H and O–H groups in total. The van der Waals surface area contributed by atoms with Gasteiger partial charge in [0.15, 0.2) is 0 Å². The molecule has 0 radical (unpaired) electrons. The normalized spacial score (nSPS) is 37.9. The zero-order valence-corrected chi connectivity index (χ0v) is 11.3. The Labute approximate surface area is 106 Å². The van der Waals surface area contributed by atoms with Gasteiger partial charge in [0.2, 0.25) is 0 Å². The third-order valence-corrected chi connectivity index (χ3v) is 5.67. The van der Waals surface area contributed by atoms with Gasteiger partial charge >= 0.3 is 0 Å². The van der Waals surface area contributed by atoms with Crippen molar-refractivity contribution in [3.05, 3.63) is 0 Å². The summed E-state index contributed by atoms with van der Waals surface area (Å²) in [4.78, 5) is 2.62. The highest BCUT2D eigenvalue weighted by Gasteiger charge is 2.44. The topological polar surface area (TPSA) is 29.3 Å². The summed E-state index contributed by atoms with van der Waals surface area (Å²) in [6.45, 7) is 3.54. The molecule has 2 nitrogen and oxygen atoms in total. The van der Waals surface area contributed by atoms with Gasteiger partial charge in [-0.05, 0) is 75.3 Å². The highest BCUT2D eigenvalue weighted by atomic mass is 15.1. The summed E-state index contributed by atoms with van der Waals surface area (Å²) in [6, 6.07) is 0. The first-order valence-electron chi connectivity index (χ1n) is 7.59. The van der Waals surface area contributed by atoms with Crippen molar-refractivity contribution in [3.63, 3.8) is 0 Å². The summed E-state index contributed by atoms with van der Waals surface area (Å²) in [7, 11) is 2.34. The van der Waals surface area contributed by atoms with Gasteiger partial charge in [-0.1, -0.05) is 6.42 Å². The summed E-state index contributed by atoms with van der Waals surface area (Å²) in [5, 5.41) is 0.